The first-order chi connectivity index (χ1) is 16.8. The van der Waals surface area contributed by atoms with E-state index in [2.05, 4.69) is 87.5 Å². The molecule has 0 amide bonds. The second-order valence-corrected chi connectivity index (χ2v) is 7.55. The first kappa shape index (κ1) is 19.6. The fourth-order valence-electron chi connectivity index (χ4n) is 3.82. The first-order valence-electron chi connectivity index (χ1n) is 10.6. The molecule has 0 radical (unpaired) electrons. The molecule has 0 aliphatic rings. The minimum absolute atomic E-state index is 0.798. The van der Waals surface area contributed by atoms with Crippen molar-refractivity contribution in [3.63, 3.8) is 0 Å². The Hall–Kier alpha value is -5.12. The van der Waals surface area contributed by atoms with E-state index in [1.54, 1.807) is 18.6 Å². The zero-order chi connectivity index (χ0) is 22.7. The topological polar surface area (TPSA) is 128 Å². The Kier molecular flexibility index (Phi) is 4.85. The zero-order valence-electron chi connectivity index (χ0n) is 17.8. The monoisotopic (exact) mass is 446 g/mol. The maximum Gasteiger partial charge on any atom is 0.112 e. The summed E-state index contributed by atoms with van der Waals surface area (Å²) >= 11 is 0. The summed E-state index contributed by atoms with van der Waals surface area (Å²) in [7, 11) is 0. The molecule has 0 aliphatic carbocycles. The van der Waals surface area contributed by atoms with E-state index in [1.807, 2.05) is 36.4 Å². The van der Waals surface area contributed by atoms with Crippen LogP contribution < -0.4 is 4.90 Å². The molecule has 0 unspecified atom stereocenters. The van der Waals surface area contributed by atoms with Crippen LogP contribution in [0.1, 0.15) is 0 Å². The molecule has 0 spiro atoms. The van der Waals surface area contributed by atoms with Crippen LogP contribution >= 0.6 is 0 Å². The Morgan fingerprint density at radius 3 is 0.941 bits per heavy atom. The van der Waals surface area contributed by atoms with Gasteiger partial charge in [-0.1, -0.05) is 52.0 Å². The number of aromatic nitrogens is 9. The summed E-state index contributed by atoms with van der Waals surface area (Å²) in [6.07, 6.45) is 5.33. The molecule has 0 saturated heterocycles. The average Bonchev–Trinajstić information content (AvgIpc) is 3.69. The van der Waals surface area contributed by atoms with E-state index < -0.39 is 0 Å². The van der Waals surface area contributed by atoms with Gasteiger partial charge in [-0.15, -0.1) is 15.3 Å². The molecule has 164 valence electrons. The zero-order valence-corrected chi connectivity index (χ0v) is 17.8. The Bertz CT molecular complexity index is 1270. The van der Waals surface area contributed by atoms with E-state index in [4.69, 9.17) is 0 Å². The van der Waals surface area contributed by atoms with Crippen molar-refractivity contribution in [2.45, 2.75) is 0 Å². The lowest BCUT2D eigenvalue weighted by molar-refractivity contribution is 0.942. The van der Waals surface area contributed by atoms with E-state index in [9.17, 15) is 0 Å². The summed E-state index contributed by atoms with van der Waals surface area (Å²) in [6.45, 7) is 0. The molecular formula is C24H18N10. The van der Waals surface area contributed by atoms with E-state index in [-0.39, 0.29) is 0 Å². The number of nitrogens with zero attached hydrogens (tertiary/aromatic N) is 7. The van der Waals surface area contributed by atoms with Crippen molar-refractivity contribution >= 4 is 17.1 Å². The van der Waals surface area contributed by atoms with Crippen LogP contribution in [0.25, 0.3) is 33.8 Å². The number of hydrogen-bond acceptors (Lipinski definition) is 7. The van der Waals surface area contributed by atoms with Gasteiger partial charge in [0.2, 0.25) is 0 Å². The number of anilines is 3. The van der Waals surface area contributed by atoms with Crippen molar-refractivity contribution in [1.82, 2.24) is 46.2 Å². The largest absolute Gasteiger partial charge is 0.311 e. The van der Waals surface area contributed by atoms with E-state index >= 15 is 0 Å². The minimum Gasteiger partial charge on any atom is -0.311 e. The standard InChI is InChI=1S/C24H18N10/c1-7-19(8-2-16(1)22-13-25-31-28-22)34(20-9-3-17(4-10-20)23-14-26-32-29-23)21-11-5-18(6-12-21)24-15-27-33-30-24/h1-15H,(H,25,28,31)(H,26,29,32)(H,27,30,33). The average molecular weight is 446 g/mol. The van der Waals surface area contributed by atoms with Crippen LogP contribution in [0, 0.1) is 0 Å². The Morgan fingerprint density at radius 2 is 0.706 bits per heavy atom. The molecule has 3 aromatic heterocycles. The number of aromatic amines is 3. The Balaban J connectivity index is 1.39. The number of H-pyrrole nitrogens is 3. The molecule has 10 nitrogen and oxygen atoms in total. The highest BCUT2D eigenvalue weighted by Crippen LogP contribution is 2.37. The van der Waals surface area contributed by atoms with Crippen molar-refractivity contribution in [3.8, 4) is 33.8 Å². The molecule has 6 rings (SSSR count). The van der Waals surface area contributed by atoms with Gasteiger partial charge in [-0.3, -0.25) is 15.3 Å². The van der Waals surface area contributed by atoms with Crippen LogP contribution in [-0.2, 0) is 0 Å². The molecule has 0 aliphatic heterocycles. The smallest absolute Gasteiger partial charge is 0.112 e. The lowest BCUT2D eigenvalue weighted by atomic mass is 10.1. The van der Waals surface area contributed by atoms with Gasteiger partial charge in [-0.2, -0.15) is 0 Å². The van der Waals surface area contributed by atoms with Crippen molar-refractivity contribution in [3.05, 3.63) is 91.4 Å². The Morgan fingerprint density at radius 1 is 0.412 bits per heavy atom. The van der Waals surface area contributed by atoms with Gasteiger partial charge in [0.25, 0.3) is 0 Å². The highest BCUT2D eigenvalue weighted by molar-refractivity contribution is 5.80. The molecule has 10 heteroatoms. The molecule has 34 heavy (non-hydrogen) atoms. The predicted octanol–water partition coefficient (Wildman–Crippen LogP) is 4.51. The Labute approximate surface area is 193 Å². The normalized spacial score (nSPS) is 10.9. The van der Waals surface area contributed by atoms with Crippen LogP contribution in [0.3, 0.4) is 0 Å². The molecule has 0 fully saturated rings. The van der Waals surface area contributed by atoms with Crippen molar-refractivity contribution in [2.75, 3.05) is 4.90 Å². The summed E-state index contributed by atoms with van der Waals surface area (Å²) in [4.78, 5) is 2.19. The predicted molar refractivity (Wildman–Crippen MR) is 127 cm³/mol. The van der Waals surface area contributed by atoms with Crippen molar-refractivity contribution < 1.29 is 0 Å². The van der Waals surface area contributed by atoms with E-state index in [0.29, 0.717) is 0 Å². The van der Waals surface area contributed by atoms with E-state index in [0.717, 1.165) is 50.8 Å². The molecule has 0 atom stereocenters. The van der Waals surface area contributed by atoms with Gasteiger partial charge in [0.15, 0.2) is 0 Å². The third kappa shape index (κ3) is 3.69. The summed E-state index contributed by atoms with van der Waals surface area (Å²) < 4.78 is 0. The molecule has 3 N–H and O–H groups in total. The second kappa shape index (κ2) is 8.43. The van der Waals surface area contributed by atoms with Crippen molar-refractivity contribution in [1.29, 1.82) is 0 Å². The second-order valence-electron chi connectivity index (χ2n) is 7.55. The minimum atomic E-state index is 0.798. The summed E-state index contributed by atoms with van der Waals surface area (Å²) in [5.41, 5.74) is 8.38. The van der Waals surface area contributed by atoms with Gasteiger partial charge in [-0.25, -0.2) is 0 Å². The van der Waals surface area contributed by atoms with Gasteiger partial charge in [-0.05, 0) is 36.4 Å². The highest BCUT2D eigenvalue weighted by Gasteiger charge is 2.14. The number of hydrogen-bond donors (Lipinski definition) is 3. The van der Waals surface area contributed by atoms with Crippen molar-refractivity contribution in [2.24, 2.45) is 0 Å². The van der Waals surface area contributed by atoms with Crippen LogP contribution in [-0.4, -0.2) is 46.2 Å². The van der Waals surface area contributed by atoms with Gasteiger partial charge < -0.3 is 4.90 Å². The summed E-state index contributed by atoms with van der Waals surface area (Å²) in [5.74, 6) is 0. The van der Waals surface area contributed by atoms with Crippen LogP contribution in [0.2, 0.25) is 0 Å². The third-order valence-electron chi connectivity index (χ3n) is 5.51. The quantitative estimate of drug-likeness (QED) is 0.343. The fourth-order valence-corrected chi connectivity index (χ4v) is 3.82. The molecule has 0 bridgehead atoms. The molecule has 3 aromatic carbocycles. The van der Waals surface area contributed by atoms with Crippen LogP contribution in [0.15, 0.2) is 91.4 Å². The fraction of sp³-hybridized carbons (Fsp3) is 0. The van der Waals surface area contributed by atoms with Gasteiger partial charge in [0, 0.05) is 52.3 Å². The molecule has 6 aromatic rings. The maximum absolute atomic E-state index is 4.10. The summed E-state index contributed by atoms with van der Waals surface area (Å²) in [5, 5.41) is 32.0. The van der Waals surface area contributed by atoms with Gasteiger partial charge in [0.1, 0.15) is 17.1 Å². The lowest BCUT2D eigenvalue weighted by Gasteiger charge is -2.26. The molecule has 3 heterocycles. The van der Waals surface area contributed by atoms with Gasteiger partial charge >= 0.3 is 0 Å². The van der Waals surface area contributed by atoms with Crippen LogP contribution in [0.4, 0.5) is 17.1 Å². The first-order valence-corrected chi connectivity index (χ1v) is 10.6. The number of benzene rings is 3. The van der Waals surface area contributed by atoms with Crippen LogP contribution in [0.5, 0.6) is 0 Å². The number of rotatable bonds is 6. The molecular weight excluding hydrogens is 428 g/mol. The van der Waals surface area contributed by atoms with E-state index in [1.165, 1.54) is 0 Å². The number of nitrogens with one attached hydrogen (secondary N) is 3. The lowest BCUT2D eigenvalue weighted by Crippen LogP contribution is -2.09. The third-order valence-corrected chi connectivity index (χ3v) is 5.51. The molecule has 0 saturated carbocycles. The summed E-state index contributed by atoms with van der Waals surface area (Å²) in [6, 6.07) is 24.6. The highest BCUT2D eigenvalue weighted by atomic mass is 15.3. The SMILES string of the molecule is c1cc(N(c2ccc(-c3c[nH]nn3)cc2)c2ccc(-c3c[nH]nn3)cc2)ccc1-c1c[nH]nn1. The van der Waals surface area contributed by atoms with Gasteiger partial charge in [0.05, 0.1) is 0 Å². The maximum atomic E-state index is 4.10.